The van der Waals surface area contributed by atoms with Crippen LogP contribution in [0.15, 0.2) is 118 Å². The summed E-state index contributed by atoms with van der Waals surface area (Å²) in [6.45, 7) is 7.21. The van der Waals surface area contributed by atoms with Crippen molar-refractivity contribution >= 4 is 88.3 Å². The first kappa shape index (κ1) is 31.0. The molecule has 10 heteroatoms. The molecule has 8 nitrogen and oxygen atoms in total. The molecule has 0 bridgehead atoms. The van der Waals surface area contributed by atoms with E-state index in [0.717, 1.165) is 48.9 Å². The van der Waals surface area contributed by atoms with Gasteiger partial charge in [0, 0.05) is 24.6 Å². The van der Waals surface area contributed by atoms with Gasteiger partial charge in [-0.1, -0.05) is 80.7 Å². The Labute approximate surface area is 268 Å². The van der Waals surface area contributed by atoms with Gasteiger partial charge < -0.3 is 19.0 Å². The molecule has 230 valence electrons. The molecule has 4 aromatic carbocycles. The number of carbonyl (C=O) groups excluding carboxylic acids is 2. The van der Waals surface area contributed by atoms with E-state index in [2.05, 4.69) is 70.3 Å². The van der Waals surface area contributed by atoms with Gasteiger partial charge in [-0.3, -0.25) is 9.59 Å². The van der Waals surface area contributed by atoms with Crippen LogP contribution in [0.3, 0.4) is 0 Å². The topological polar surface area (TPSA) is 110 Å². The highest BCUT2D eigenvalue weighted by Crippen LogP contribution is 2.45. The number of hydrogen-bond donors (Lipinski definition) is 2. The van der Waals surface area contributed by atoms with Gasteiger partial charge in [-0.05, 0) is 71.3 Å². The van der Waals surface area contributed by atoms with Crippen molar-refractivity contribution in [1.29, 1.82) is 0 Å². The number of pyridine rings is 2. The summed E-state index contributed by atoms with van der Waals surface area (Å²) in [5, 5.41) is 11.9. The first-order valence-corrected chi connectivity index (χ1v) is 18.0. The monoisotopic (exact) mass is 646 g/mol. The lowest BCUT2D eigenvalue weighted by atomic mass is 9.99. The molecular formula is C36H32N4O4P2. The molecule has 3 aromatic heterocycles. The van der Waals surface area contributed by atoms with E-state index < -0.39 is 8.01 Å². The summed E-state index contributed by atoms with van der Waals surface area (Å²) in [4.78, 5) is 31.2. The van der Waals surface area contributed by atoms with Crippen LogP contribution in [0.25, 0.3) is 48.9 Å². The number of benzene rings is 4. The number of hydrogen-bond acceptors (Lipinski definition) is 6. The largest absolute Gasteiger partial charge is 0.415 e. The Balaban J connectivity index is 0.000000242. The van der Waals surface area contributed by atoms with Crippen molar-refractivity contribution in [2.75, 3.05) is 24.0 Å². The number of aromatic nitrogens is 2. The fourth-order valence-electron chi connectivity index (χ4n) is 5.16. The third-order valence-electron chi connectivity index (χ3n) is 7.12. The SMILES string of the molecule is CC(=O)Nc1cccc(-p2oc3ccc4ccccc4c3c3c(ccc4ccccc43)o2)n1.CC(=O)Nc1cccc(P(C)C)n1. The molecule has 2 N–H and O–H groups in total. The zero-order valence-electron chi connectivity index (χ0n) is 25.8. The molecule has 0 radical (unpaired) electrons. The second kappa shape index (κ2) is 13.5. The fraction of sp³-hybridized carbons (Fsp3) is 0.111. The van der Waals surface area contributed by atoms with Crippen LogP contribution in [0.1, 0.15) is 13.8 Å². The third kappa shape index (κ3) is 6.79. The molecule has 0 unspecified atom stereocenters. The Morgan fingerprint density at radius 1 is 0.609 bits per heavy atom. The van der Waals surface area contributed by atoms with Gasteiger partial charge in [0.1, 0.15) is 22.8 Å². The Morgan fingerprint density at radius 2 is 1.11 bits per heavy atom. The summed E-state index contributed by atoms with van der Waals surface area (Å²) in [5.41, 5.74) is 3.20. The lowest BCUT2D eigenvalue weighted by Crippen LogP contribution is -2.12. The molecular weight excluding hydrogens is 614 g/mol. The summed E-state index contributed by atoms with van der Waals surface area (Å²) >= 11 is 0. The van der Waals surface area contributed by atoms with Crippen molar-refractivity contribution in [2.45, 2.75) is 13.8 Å². The third-order valence-corrected chi connectivity index (χ3v) is 9.63. The van der Waals surface area contributed by atoms with E-state index in [1.807, 2.05) is 60.7 Å². The smallest absolute Gasteiger partial charge is 0.272 e. The molecule has 0 saturated carbocycles. The first-order chi connectivity index (χ1) is 22.3. The Bertz CT molecular complexity index is 2190. The van der Waals surface area contributed by atoms with Crippen LogP contribution in [-0.4, -0.2) is 35.1 Å². The van der Waals surface area contributed by atoms with Crippen LogP contribution in [0, 0.1) is 0 Å². The fourth-order valence-corrected chi connectivity index (χ4v) is 7.13. The number of rotatable bonds is 4. The lowest BCUT2D eigenvalue weighted by Gasteiger charge is -2.06. The quantitative estimate of drug-likeness (QED) is 0.184. The molecule has 0 saturated heterocycles. The maximum absolute atomic E-state index is 11.5. The first-order valence-electron chi connectivity index (χ1n) is 14.6. The van der Waals surface area contributed by atoms with Crippen LogP contribution in [0.2, 0.25) is 0 Å². The van der Waals surface area contributed by atoms with Gasteiger partial charge in [-0.25, -0.2) is 9.97 Å². The maximum Gasteiger partial charge on any atom is 0.272 e. The predicted octanol–water partition coefficient (Wildman–Crippen LogP) is 9.35. The summed E-state index contributed by atoms with van der Waals surface area (Å²) in [6.07, 6.45) is 0. The minimum Gasteiger partial charge on any atom is -0.415 e. The van der Waals surface area contributed by atoms with Crippen LogP contribution < -0.4 is 16.1 Å². The Morgan fingerprint density at radius 3 is 1.63 bits per heavy atom. The molecule has 2 amide bonds. The standard InChI is InChI=1S/C27H19N2O3P.C9H13N2OP/c1-17(30)28-24-11-6-12-25(29-24)33-31-22-15-13-18-7-2-4-9-20(18)26(22)27-21-10-5-3-8-19(21)14-16-23(27)32-33;1-7(12)10-8-5-4-6-9(11-8)13(2)3/h2-16H,1H3,(H,28,29,30);4-6H,1-3H3,(H,10,11,12). The maximum atomic E-state index is 11.5. The number of nitrogens with one attached hydrogen (secondary N) is 2. The molecule has 7 rings (SSSR count). The molecule has 0 spiro atoms. The highest BCUT2D eigenvalue weighted by Gasteiger charge is 2.15. The zero-order valence-corrected chi connectivity index (χ0v) is 27.6. The van der Waals surface area contributed by atoms with E-state index in [4.69, 9.17) is 8.39 Å². The van der Waals surface area contributed by atoms with E-state index in [0.29, 0.717) is 17.1 Å². The van der Waals surface area contributed by atoms with Gasteiger partial charge >= 0.3 is 0 Å². The van der Waals surface area contributed by atoms with Crippen molar-refractivity contribution in [2.24, 2.45) is 0 Å². The van der Waals surface area contributed by atoms with Gasteiger partial charge in [-0.15, -0.1) is 0 Å². The van der Waals surface area contributed by atoms with Crippen molar-refractivity contribution in [3.05, 3.63) is 109 Å². The van der Waals surface area contributed by atoms with Crippen molar-refractivity contribution in [3.8, 4) is 5.44 Å². The average Bonchev–Trinajstić information content (AvgIpc) is 3.22. The molecule has 0 aliphatic carbocycles. The molecule has 46 heavy (non-hydrogen) atoms. The van der Waals surface area contributed by atoms with Crippen molar-refractivity contribution in [3.63, 3.8) is 0 Å². The Kier molecular flexibility index (Phi) is 9.11. The van der Waals surface area contributed by atoms with Gasteiger partial charge in [0.2, 0.25) is 11.8 Å². The second-order valence-corrected chi connectivity index (χ2v) is 14.4. The van der Waals surface area contributed by atoms with E-state index in [-0.39, 0.29) is 19.7 Å². The molecule has 7 aromatic rings. The van der Waals surface area contributed by atoms with Crippen molar-refractivity contribution < 1.29 is 18.0 Å². The average molecular weight is 647 g/mol. The van der Waals surface area contributed by atoms with Crippen LogP contribution in [0.4, 0.5) is 11.6 Å². The van der Waals surface area contributed by atoms with Gasteiger partial charge in [0.25, 0.3) is 8.01 Å². The zero-order chi connectivity index (χ0) is 32.2. The molecule has 3 heterocycles. The van der Waals surface area contributed by atoms with Crippen LogP contribution >= 0.6 is 15.9 Å². The van der Waals surface area contributed by atoms with E-state index in [9.17, 15) is 9.59 Å². The summed E-state index contributed by atoms with van der Waals surface area (Å²) in [5.74, 6) is 0.850. The van der Waals surface area contributed by atoms with Gasteiger partial charge in [-0.2, -0.15) is 0 Å². The normalized spacial score (nSPS) is 11.0. The highest BCUT2D eigenvalue weighted by atomic mass is 31.1. The van der Waals surface area contributed by atoms with Crippen molar-refractivity contribution in [1.82, 2.24) is 9.97 Å². The Hall–Kier alpha value is -5.03. The van der Waals surface area contributed by atoms with Crippen LogP contribution in [-0.2, 0) is 9.59 Å². The molecule has 0 aliphatic rings. The van der Waals surface area contributed by atoms with E-state index >= 15 is 0 Å². The summed E-state index contributed by atoms with van der Waals surface area (Å²) in [6, 6.07) is 35.9. The lowest BCUT2D eigenvalue weighted by molar-refractivity contribution is -0.115. The number of nitrogens with zero attached hydrogens (tertiary/aromatic N) is 2. The number of carbonyl (C=O) groups is 2. The summed E-state index contributed by atoms with van der Waals surface area (Å²) < 4.78 is 13.0. The number of anilines is 2. The molecule has 0 atom stereocenters. The van der Waals surface area contributed by atoms with Crippen LogP contribution in [0.5, 0.6) is 0 Å². The highest BCUT2D eigenvalue weighted by molar-refractivity contribution is 7.63. The summed E-state index contributed by atoms with van der Waals surface area (Å²) in [7, 11) is -1.78. The van der Waals surface area contributed by atoms with E-state index in [1.54, 1.807) is 12.1 Å². The number of fused-ring (bicyclic) bond motifs is 7. The number of amides is 2. The second-order valence-electron chi connectivity index (χ2n) is 10.8. The van der Waals surface area contributed by atoms with Gasteiger partial charge in [0.15, 0.2) is 5.44 Å². The molecule has 0 aliphatic heterocycles. The van der Waals surface area contributed by atoms with Gasteiger partial charge in [0.05, 0.1) is 5.44 Å². The minimum atomic E-state index is -1.58. The predicted molar refractivity (Wildman–Crippen MR) is 192 cm³/mol. The molecule has 0 fully saturated rings. The van der Waals surface area contributed by atoms with E-state index in [1.165, 1.54) is 13.8 Å². The minimum absolute atomic E-state index is 0.0822.